The second kappa shape index (κ2) is 19.1. The zero-order valence-corrected chi connectivity index (χ0v) is 22.8. The van der Waals surface area contributed by atoms with Crippen LogP contribution in [0, 0.1) is 11.8 Å². The smallest absolute Gasteiger partial charge is 0.313 e. The van der Waals surface area contributed by atoms with Crippen molar-refractivity contribution in [3.63, 3.8) is 0 Å². The summed E-state index contributed by atoms with van der Waals surface area (Å²) in [5.41, 5.74) is -0.137. The molecule has 0 heterocycles. The van der Waals surface area contributed by atoms with Crippen LogP contribution in [-0.4, -0.2) is 21.8 Å². The lowest BCUT2D eigenvalue weighted by Gasteiger charge is -2.39. The van der Waals surface area contributed by atoms with Gasteiger partial charge in [0.25, 0.3) is 0 Å². The van der Waals surface area contributed by atoms with Gasteiger partial charge in [-0.1, -0.05) is 142 Å². The summed E-state index contributed by atoms with van der Waals surface area (Å²) in [6.07, 6.45) is 30.5. The minimum absolute atomic E-state index is 0.00330. The van der Waals surface area contributed by atoms with Crippen molar-refractivity contribution in [2.75, 3.05) is 0 Å². The molecule has 2 N–H and O–H groups in total. The van der Waals surface area contributed by atoms with Crippen molar-refractivity contribution in [2.24, 2.45) is 11.8 Å². The molecule has 1 rings (SSSR count). The number of allylic oxidation sites excluding steroid dienone is 2. The van der Waals surface area contributed by atoms with Crippen molar-refractivity contribution >= 4 is 5.97 Å². The summed E-state index contributed by atoms with van der Waals surface area (Å²) in [4.78, 5) is 11.9. The Morgan fingerprint density at radius 1 is 0.794 bits per heavy atom. The molecule has 0 radical (unpaired) electrons. The first-order valence-electron chi connectivity index (χ1n) is 14.8. The molecule has 0 saturated carbocycles. The summed E-state index contributed by atoms with van der Waals surface area (Å²) in [6.45, 7) is 6.53. The maximum absolute atomic E-state index is 11.9. The molecule has 1 aliphatic carbocycles. The molecule has 3 nitrogen and oxygen atoms in total. The Kier molecular flexibility index (Phi) is 17.4. The van der Waals surface area contributed by atoms with Crippen LogP contribution in [0.4, 0.5) is 0 Å². The molecular weight excluding hydrogens is 420 g/mol. The van der Waals surface area contributed by atoms with Gasteiger partial charge in [-0.3, -0.25) is 4.79 Å². The summed E-state index contributed by atoms with van der Waals surface area (Å²) in [5, 5.41) is 21.3. The average molecular weight is 477 g/mol. The lowest BCUT2D eigenvalue weighted by atomic mass is 9.70. The van der Waals surface area contributed by atoms with Gasteiger partial charge in [-0.15, -0.1) is 0 Å². The molecule has 0 aromatic carbocycles. The fourth-order valence-corrected chi connectivity index (χ4v) is 5.54. The van der Waals surface area contributed by atoms with Crippen molar-refractivity contribution in [1.29, 1.82) is 0 Å². The van der Waals surface area contributed by atoms with Crippen LogP contribution in [0.3, 0.4) is 0 Å². The third-order valence-electron chi connectivity index (χ3n) is 7.81. The number of aliphatic hydroxyl groups is 1. The number of carbonyl (C=O) groups is 1. The lowest BCUT2D eigenvalue weighted by Crippen LogP contribution is -2.47. The van der Waals surface area contributed by atoms with E-state index in [0.717, 1.165) is 50.5 Å². The predicted octanol–water partition coefficient (Wildman–Crippen LogP) is 9.39. The first-order valence-corrected chi connectivity index (χ1v) is 14.8. The van der Waals surface area contributed by atoms with Crippen LogP contribution in [0.5, 0.6) is 0 Å². The van der Waals surface area contributed by atoms with Gasteiger partial charge in [-0.05, 0) is 36.8 Å². The highest BCUT2D eigenvalue weighted by Gasteiger charge is 2.45. The molecule has 0 saturated heterocycles. The molecular formula is C31H56O3. The summed E-state index contributed by atoms with van der Waals surface area (Å²) >= 11 is 0. The fraction of sp³-hybridized carbons (Fsp3) is 0.839. The Labute approximate surface area is 211 Å². The van der Waals surface area contributed by atoms with Gasteiger partial charge in [0.1, 0.15) is 11.5 Å². The van der Waals surface area contributed by atoms with Crippen LogP contribution < -0.4 is 0 Å². The Morgan fingerprint density at radius 3 is 1.74 bits per heavy atom. The van der Waals surface area contributed by atoms with Gasteiger partial charge in [0.05, 0.1) is 0 Å². The van der Waals surface area contributed by atoms with Crippen molar-refractivity contribution < 1.29 is 15.0 Å². The van der Waals surface area contributed by atoms with Gasteiger partial charge in [0, 0.05) is 0 Å². The standard InChI is InChI=1S/C31H56O3/c1-4-7-9-10-11-12-13-14-15-16-17-18-19-21-22-27-24-25-29(30(32)33)31(34,26-27)28(6-3)23-20-8-5-2/h24-26,28-29,34H,4-23H2,1-3H3,(H,32,33). The number of aliphatic carboxylic acids is 1. The van der Waals surface area contributed by atoms with Crippen molar-refractivity contribution in [1.82, 2.24) is 0 Å². The maximum Gasteiger partial charge on any atom is 0.313 e. The van der Waals surface area contributed by atoms with E-state index in [1.807, 2.05) is 12.2 Å². The van der Waals surface area contributed by atoms with E-state index in [1.54, 1.807) is 6.08 Å². The minimum atomic E-state index is -1.26. The van der Waals surface area contributed by atoms with Crippen molar-refractivity contribution in [3.05, 3.63) is 23.8 Å². The first-order chi connectivity index (χ1) is 16.5. The van der Waals surface area contributed by atoms with Gasteiger partial charge in [0.15, 0.2) is 0 Å². The maximum atomic E-state index is 11.9. The van der Waals surface area contributed by atoms with Gasteiger partial charge >= 0.3 is 5.97 Å². The van der Waals surface area contributed by atoms with E-state index in [4.69, 9.17) is 0 Å². The molecule has 198 valence electrons. The summed E-state index contributed by atoms with van der Waals surface area (Å²) in [7, 11) is 0. The van der Waals surface area contributed by atoms with E-state index in [1.165, 1.54) is 83.5 Å². The molecule has 0 aromatic heterocycles. The zero-order chi connectivity index (χ0) is 25.1. The Bertz CT molecular complexity index is 579. The van der Waals surface area contributed by atoms with Crippen molar-refractivity contribution in [3.8, 4) is 0 Å². The molecule has 3 heteroatoms. The largest absolute Gasteiger partial charge is 0.481 e. The number of carboxylic acids is 1. The number of rotatable bonds is 22. The van der Waals surface area contributed by atoms with Crippen LogP contribution in [0.15, 0.2) is 23.8 Å². The van der Waals surface area contributed by atoms with E-state index in [0.29, 0.717) is 0 Å². The molecule has 3 unspecified atom stereocenters. The van der Waals surface area contributed by atoms with E-state index >= 15 is 0 Å². The second-order valence-corrected chi connectivity index (χ2v) is 10.7. The topological polar surface area (TPSA) is 57.5 Å². The number of carboxylic acid groups (broad SMARTS) is 1. The lowest BCUT2D eigenvalue weighted by molar-refractivity contribution is -0.149. The summed E-state index contributed by atoms with van der Waals surface area (Å²) in [6, 6.07) is 0. The molecule has 0 amide bonds. The van der Waals surface area contributed by atoms with Crippen LogP contribution in [0.1, 0.15) is 149 Å². The van der Waals surface area contributed by atoms with E-state index in [-0.39, 0.29) is 5.92 Å². The van der Waals surface area contributed by atoms with Crippen LogP contribution in [0.25, 0.3) is 0 Å². The zero-order valence-electron chi connectivity index (χ0n) is 22.8. The average Bonchev–Trinajstić information content (AvgIpc) is 2.81. The van der Waals surface area contributed by atoms with Gasteiger partial charge in [0.2, 0.25) is 0 Å². The third kappa shape index (κ3) is 12.0. The highest BCUT2D eigenvalue weighted by Crippen LogP contribution is 2.39. The number of hydrogen-bond donors (Lipinski definition) is 2. The van der Waals surface area contributed by atoms with E-state index in [2.05, 4.69) is 20.8 Å². The van der Waals surface area contributed by atoms with Gasteiger partial charge < -0.3 is 10.2 Å². The van der Waals surface area contributed by atoms with Crippen LogP contribution in [0.2, 0.25) is 0 Å². The SMILES string of the molecule is CCCCCCCCCCCCCCCCC1=CC(O)(C(CC)CCCCC)C(C(=O)O)C=C1. The molecule has 0 bridgehead atoms. The first kappa shape index (κ1) is 30.9. The molecule has 3 atom stereocenters. The molecule has 0 fully saturated rings. The highest BCUT2D eigenvalue weighted by atomic mass is 16.4. The molecule has 0 aromatic rings. The Balaban J connectivity index is 2.30. The van der Waals surface area contributed by atoms with Crippen LogP contribution >= 0.6 is 0 Å². The highest BCUT2D eigenvalue weighted by molar-refractivity contribution is 5.75. The fourth-order valence-electron chi connectivity index (χ4n) is 5.54. The monoisotopic (exact) mass is 476 g/mol. The minimum Gasteiger partial charge on any atom is -0.481 e. The molecule has 0 aliphatic heterocycles. The Morgan fingerprint density at radius 2 is 1.26 bits per heavy atom. The molecule has 1 aliphatic rings. The molecule has 34 heavy (non-hydrogen) atoms. The van der Waals surface area contributed by atoms with E-state index in [9.17, 15) is 15.0 Å². The van der Waals surface area contributed by atoms with Gasteiger partial charge in [-0.2, -0.15) is 0 Å². The second-order valence-electron chi connectivity index (χ2n) is 10.7. The van der Waals surface area contributed by atoms with Gasteiger partial charge in [-0.25, -0.2) is 0 Å². The number of hydrogen-bond acceptors (Lipinski definition) is 2. The predicted molar refractivity (Wildman–Crippen MR) is 146 cm³/mol. The van der Waals surface area contributed by atoms with Crippen LogP contribution in [-0.2, 0) is 4.79 Å². The quantitative estimate of drug-likeness (QED) is 0.153. The Hall–Kier alpha value is -1.09. The summed E-state index contributed by atoms with van der Waals surface area (Å²) < 4.78 is 0. The third-order valence-corrected chi connectivity index (χ3v) is 7.81. The number of unbranched alkanes of at least 4 members (excludes halogenated alkanes) is 15. The normalized spacial score (nSPS) is 20.9. The molecule has 0 spiro atoms. The van der Waals surface area contributed by atoms with E-state index < -0.39 is 17.5 Å². The van der Waals surface area contributed by atoms with Crippen molar-refractivity contribution in [2.45, 2.75) is 155 Å². The summed E-state index contributed by atoms with van der Waals surface area (Å²) in [5.74, 6) is -1.75.